The Morgan fingerprint density at radius 3 is 1.79 bits per heavy atom. The quantitative estimate of drug-likeness (QED) is 0.546. The van der Waals surface area contributed by atoms with Crippen LogP contribution < -0.4 is 0 Å². The minimum atomic E-state index is -1.06. The summed E-state index contributed by atoms with van der Waals surface area (Å²) >= 11 is 0. The zero-order valence-electron chi connectivity index (χ0n) is 11.4. The lowest BCUT2D eigenvalue weighted by molar-refractivity contribution is -0.195. The Balaban J connectivity index is 2.90. The number of ether oxygens (including phenoxy) is 4. The van der Waals surface area contributed by atoms with E-state index >= 15 is 0 Å². The minimum absolute atomic E-state index is 0.488. The predicted octanol–water partition coefficient (Wildman–Crippen LogP) is 0.548. The van der Waals surface area contributed by atoms with Crippen LogP contribution in [0.5, 0.6) is 0 Å². The minimum Gasteiger partial charge on any atom is -0.456 e. The van der Waals surface area contributed by atoms with Crippen molar-refractivity contribution in [2.24, 2.45) is 0 Å². The predicted molar refractivity (Wildman–Crippen MR) is 61.8 cm³/mol. The fourth-order valence-corrected chi connectivity index (χ4v) is 1.93. The molecular weight excluding hydrogens is 256 g/mol. The van der Waals surface area contributed by atoms with Crippen LogP contribution in [-0.2, 0) is 33.3 Å². The third-order valence-electron chi connectivity index (χ3n) is 2.56. The van der Waals surface area contributed by atoms with Crippen molar-refractivity contribution >= 4 is 17.9 Å². The maximum absolute atomic E-state index is 11.1. The first-order valence-electron chi connectivity index (χ1n) is 6.02. The highest BCUT2D eigenvalue weighted by atomic mass is 16.7. The maximum atomic E-state index is 11.1. The zero-order chi connectivity index (χ0) is 14.6. The van der Waals surface area contributed by atoms with Crippen LogP contribution >= 0.6 is 0 Å². The number of esters is 3. The molecule has 1 saturated heterocycles. The topological polar surface area (TPSA) is 88.1 Å². The van der Waals surface area contributed by atoms with Crippen molar-refractivity contribution in [1.29, 1.82) is 0 Å². The van der Waals surface area contributed by atoms with Crippen LogP contribution in [0.15, 0.2) is 0 Å². The highest BCUT2D eigenvalue weighted by molar-refractivity contribution is 5.68. The molecule has 0 radical (unpaired) electrons. The van der Waals surface area contributed by atoms with Gasteiger partial charge in [0.05, 0.1) is 0 Å². The summed E-state index contributed by atoms with van der Waals surface area (Å²) in [7, 11) is 0. The summed E-state index contributed by atoms with van der Waals surface area (Å²) in [4.78, 5) is 33.2. The number of rotatable bonds is 4. The Labute approximate surface area is 111 Å². The molecule has 4 atom stereocenters. The average molecular weight is 274 g/mol. The standard InChI is InChI=1S/C12H18O7/c1-5-9-10(16-6(2)13)11(17-7(3)14)12(19-9)18-8(4)15/h9-12H,5H2,1-4H3. The average Bonchev–Trinajstić information content (AvgIpc) is 2.55. The summed E-state index contributed by atoms with van der Waals surface area (Å²) in [5, 5.41) is 0. The molecule has 108 valence electrons. The lowest BCUT2D eigenvalue weighted by atomic mass is 10.1. The molecule has 0 bridgehead atoms. The van der Waals surface area contributed by atoms with Gasteiger partial charge in [0.25, 0.3) is 0 Å². The van der Waals surface area contributed by atoms with Gasteiger partial charge in [-0.1, -0.05) is 6.92 Å². The van der Waals surface area contributed by atoms with Crippen molar-refractivity contribution in [2.45, 2.75) is 58.7 Å². The molecule has 1 heterocycles. The van der Waals surface area contributed by atoms with E-state index in [1.165, 1.54) is 20.8 Å². The first-order valence-corrected chi connectivity index (χ1v) is 6.02. The Bertz CT molecular complexity index is 365. The summed E-state index contributed by atoms with van der Waals surface area (Å²) in [6.07, 6.45) is -2.76. The summed E-state index contributed by atoms with van der Waals surface area (Å²) in [5.41, 5.74) is 0. The van der Waals surface area contributed by atoms with Gasteiger partial charge in [-0.15, -0.1) is 0 Å². The molecule has 0 aromatic rings. The van der Waals surface area contributed by atoms with Gasteiger partial charge in [-0.3, -0.25) is 14.4 Å². The van der Waals surface area contributed by atoms with Crippen molar-refractivity contribution in [3.05, 3.63) is 0 Å². The fourth-order valence-electron chi connectivity index (χ4n) is 1.93. The van der Waals surface area contributed by atoms with Gasteiger partial charge in [0.15, 0.2) is 6.10 Å². The van der Waals surface area contributed by atoms with E-state index in [1.807, 2.05) is 6.92 Å². The Morgan fingerprint density at radius 1 is 0.895 bits per heavy atom. The second-order valence-corrected chi connectivity index (χ2v) is 4.21. The summed E-state index contributed by atoms with van der Waals surface area (Å²) in [6.45, 7) is 5.50. The highest BCUT2D eigenvalue weighted by Crippen LogP contribution is 2.29. The molecule has 1 fully saturated rings. The molecule has 0 aromatic heterocycles. The van der Waals surface area contributed by atoms with Crippen LogP contribution in [0.25, 0.3) is 0 Å². The normalized spacial score (nSPS) is 29.7. The number of hydrogen-bond acceptors (Lipinski definition) is 7. The molecule has 0 amide bonds. The molecule has 1 aliphatic rings. The van der Waals surface area contributed by atoms with Gasteiger partial charge in [-0.25, -0.2) is 0 Å². The van der Waals surface area contributed by atoms with E-state index in [-0.39, 0.29) is 0 Å². The van der Waals surface area contributed by atoms with E-state index < -0.39 is 42.5 Å². The third-order valence-corrected chi connectivity index (χ3v) is 2.56. The molecule has 0 saturated carbocycles. The maximum Gasteiger partial charge on any atom is 0.305 e. The number of carbonyl (C=O) groups is 3. The lowest BCUT2D eigenvalue weighted by Gasteiger charge is -2.22. The highest BCUT2D eigenvalue weighted by Gasteiger charge is 2.50. The van der Waals surface area contributed by atoms with E-state index in [2.05, 4.69) is 0 Å². The van der Waals surface area contributed by atoms with Crippen LogP contribution in [0, 0.1) is 0 Å². The van der Waals surface area contributed by atoms with Crippen molar-refractivity contribution < 1.29 is 33.3 Å². The van der Waals surface area contributed by atoms with Crippen molar-refractivity contribution in [2.75, 3.05) is 0 Å². The molecular formula is C12H18O7. The smallest absolute Gasteiger partial charge is 0.305 e. The SMILES string of the molecule is CCC1OC(OC(C)=O)C(OC(C)=O)C1OC(C)=O. The van der Waals surface area contributed by atoms with Gasteiger partial charge >= 0.3 is 17.9 Å². The largest absolute Gasteiger partial charge is 0.456 e. The van der Waals surface area contributed by atoms with E-state index in [4.69, 9.17) is 18.9 Å². The summed E-state index contributed by atoms with van der Waals surface area (Å²) in [6, 6.07) is 0. The first kappa shape index (κ1) is 15.4. The van der Waals surface area contributed by atoms with Crippen LogP contribution in [0.3, 0.4) is 0 Å². The van der Waals surface area contributed by atoms with Gasteiger partial charge in [0.2, 0.25) is 12.4 Å². The molecule has 7 nitrogen and oxygen atoms in total. The van der Waals surface area contributed by atoms with Gasteiger partial charge < -0.3 is 18.9 Å². The number of hydrogen-bond donors (Lipinski definition) is 0. The van der Waals surface area contributed by atoms with Crippen molar-refractivity contribution in [1.82, 2.24) is 0 Å². The molecule has 0 spiro atoms. The Hall–Kier alpha value is -1.63. The van der Waals surface area contributed by atoms with Crippen LogP contribution in [-0.4, -0.2) is 42.5 Å². The number of carbonyl (C=O) groups excluding carboxylic acids is 3. The second kappa shape index (κ2) is 6.51. The zero-order valence-corrected chi connectivity index (χ0v) is 11.4. The van der Waals surface area contributed by atoms with Crippen LogP contribution in [0.1, 0.15) is 34.1 Å². The van der Waals surface area contributed by atoms with E-state index in [9.17, 15) is 14.4 Å². The summed E-state index contributed by atoms with van der Waals surface area (Å²) in [5.74, 6) is -1.66. The van der Waals surface area contributed by atoms with Crippen LogP contribution in [0.2, 0.25) is 0 Å². The second-order valence-electron chi connectivity index (χ2n) is 4.21. The molecule has 1 aliphatic heterocycles. The van der Waals surface area contributed by atoms with E-state index in [0.29, 0.717) is 6.42 Å². The van der Waals surface area contributed by atoms with Crippen molar-refractivity contribution in [3.8, 4) is 0 Å². The van der Waals surface area contributed by atoms with Crippen LogP contribution in [0.4, 0.5) is 0 Å². The molecule has 4 unspecified atom stereocenters. The van der Waals surface area contributed by atoms with Gasteiger partial charge in [0.1, 0.15) is 6.10 Å². The molecule has 1 rings (SSSR count). The van der Waals surface area contributed by atoms with Gasteiger partial charge in [-0.05, 0) is 6.42 Å². The monoisotopic (exact) mass is 274 g/mol. The molecule has 0 aliphatic carbocycles. The molecule has 0 N–H and O–H groups in total. The lowest BCUT2D eigenvalue weighted by Crippen LogP contribution is -2.40. The molecule has 19 heavy (non-hydrogen) atoms. The molecule has 7 heteroatoms. The van der Waals surface area contributed by atoms with E-state index in [1.54, 1.807) is 0 Å². The first-order chi connectivity index (χ1) is 8.85. The third kappa shape index (κ3) is 4.20. The van der Waals surface area contributed by atoms with Crippen molar-refractivity contribution in [3.63, 3.8) is 0 Å². The van der Waals surface area contributed by atoms with Gasteiger partial charge in [0, 0.05) is 20.8 Å². The van der Waals surface area contributed by atoms with E-state index in [0.717, 1.165) is 0 Å². The fraction of sp³-hybridized carbons (Fsp3) is 0.750. The molecule has 0 aromatic carbocycles. The van der Waals surface area contributed by atoms with Gasteiger partial charge in [-0.2, -0.15) is 0 Å². The summed E-state index contributed by atoms with van der Waals surface area (Å²) < 4.78 is 20.5. The Morgan fingerprint density at radius 2 is 1.37 bits per heavy atom. The Kier molecular flexibility index (Phi) is 5.29.